The van der Waals surface area contributed by atoms with Gasteiger partial charge in [0.15, 0.2) is 0 Å². The Hall–Kier alpha value is -1.28. The van der Waals surface area contributed by atoms with Gasteiger partial charge in [-0.25, -0.2) is 4.79 Å². The summed E-state index contributed by atoms with van der Waals surface area (Å²) in [6.07, 6.45) is 1.52. The Morgan fingerprint density at radius 2 is 2.24 bits per heavy atom. The van der Waals surface area contributed by atoms with Crippen LogP contribution in [0.5, 0.6) is 0 Å². The summed E-state index contributed by atoms with van der Waals surface area (Å²) in [6, 6.07) is 2.08. The van der Waals surface area contributed by atoms with Crippen LogP contribution in [0.25, 0.3) is 0 Å². The van der Waals surface area contributed by atoms with Gasteiger partial charge >= 0.3 is 6.09 Å². The summed E-state index contributed by atoms with van der Waals surface area (Å²) < 4.78 is 5.30. The molecule has 5 heteroatoms. The molecule has 0 radical (unpaired) electrons. The minimum Gasteiger partial charge on any atom is -0.444 e. The van der Waals surface area contributed by atoms with Crippen LogP contribution >= 0.6 is 0 Å². The van der Waals surface area contributed by atoms with Crippen molar-refractivity contribution in [3.05, 3.63) is 0 Å². The van der Waals surface area contributed by atoms with Crippen molar-refractivity contribution in [3.63, 3.8) is 0 Å². The standard InChI is InChI=1S/C12H21N3O2/c1-11(2,3)17-10(16)15-8-4-5-12(14,9-15)6-7-13/h4-6,8-9,14H2,1-3H3/t12-/m1/s1. The Kier molecular flexibility index (Phi) is 3.99. The van der Waals surface area contributed by atoms with Gasteiger partial charge in [-0.15, -0.1) is 0 Å². The van der Waals surface area contributed by atoms with Crippen molar-refractivity contribution in [1.29, 1.82) is 5.26 Å². The number of amides is 1. The minimum absolute atomic E-state index is 0.270. The van der Waals surface area contributed by atoms with Crippen LogP contribution < -0.4 is 5.73 Å². The second-order valence-corrected chi connectivity index (χ2v) is 5.70. The Morgan fingerprint density at radius 3 is 2.76 bits per heavy atom. The highest BCUT2D eigenvalue weighted by molar-refractivity contribution is 5.68. The Morgan fingerprint density at radius 1 is 1.59 bits per heavy atom. The highest BCUT2D eigenvalue weighted by Gasteiger charge is 2.35. The molecule has 1 atom stereocenters. The van der Waals surface area contributed by atoms with E-state index in [1.54, 1.807) is 4.90 Å². The number of hydrogen-bond acceptors (Lipinski definition) is 4. The van der Waals surface area contributed by atoms with Gasteiger partial charge in [-0.1, -0.05) is 0 Å². The van der Waals surface area contributed by atoms with Gasteiger partial charge < -0.3 is 15.4 Å². The third-order valence-corrected chi connectivity index (χ3v) is 2.69. The van der Waals surface area contributed by atoms with Crippen molar-refractivity contribution in [2.24, 2.45) is 5.73 Å². The lowest BCUT2D eigenvalue weighted by atomic mass is 9.88. The van der Waals surface area contributed by atoms with Gasteiger partial charge in [0.05, 0.1) is 12.5 Å². The summed E-state index contributed by atoms with van der Waals surface area (Å²) in [5.41, 5.74) is 5.01. The summed E-state index contributed by atoms with van der Waals surface area (Å²) in [6.45, 7) is 6.55. The van der Waals surface area contributed by atoms with Gasteiger partial charge in [0.1, 0.15) is 5.60 Å². The Bertz CT molecular complexity index is 330. The maximum absolute atomic E-state index is 11.9. The molecule has 17 heavy (non-hydrogen) atoms. The number of nitrogens with two attached hydrogens (primary N) is 1. The molecule has 1 rings (SSSR count). The fourth-order valence-corrected chi connectivity index (χ4v) is 1.94. The number of carbonyl (C=O) groups excluding carboxylic acids is 1. The first-order valence-electron chi connectivity index (χ1n) is 5.89. The molecule has 0 aliphatic carbocycles. The van der Waals surface area contributed by atoms with Crippen molar-refractivity contribution in [3.8, 4) is 6.07 Å². The normalized spacial score (nSPS) is 25.2. The number of hydrogen-bond donors (Lipinski definition) is 1. The summed E-state index contributed by atoms with van der Waals surface area (Å²) in [5.74, 6) is 0. The maximum Gasteiger partial charge on any atom is 0.410 e. The van der Waals surface area contributed by atoms with Crippen LogP contribution in [0.1, 0.15) is 40.0 Å². The molecule has 1 aliphatic rings. The van der Waals surface area contributed by atoms with Crippen LogP contribution in [0.4, 0.5) is 4.79 Å². The van der Waals surface area contributed by atoms with Gasteiger partial charge in [-0.05, 0) is 33.6 Å². The zero-order valence-corrected chi connectivity index (χ0v) is 10.8. The van der Waals surface area contributed by atoms with Crippen LogP contribution in [0.15, 0.2) is 0 Å². The summed E-state index contributed by atoms with van der Waals surface area (Å²) in [4.78, 5) is 13.5. The molecule has 5 nitrogen and oxygen atoms in total. The Balaban J connectivity index is 2.61. The summed E-state index contributed by atoms with van der Waals surface area (Å²) >= 11 is 0. The fraction of sp³-hybridized carbons (Fsp3) is 0.833. The average Bonchev–Trinajstić information content (AvgIpc) is 2.14. The van der Waals surface area contributed by atoms with E-state index in [-0.39, 0.29) is 12.5 Å². The third kappa shape index (κ3) is 4.23. The predicted octanol–water partition coefficient (Wildman–Crippen LogP) is 1.63. The van der Waals surface area contributed by atoms with E-state index in [2.05, 4.69) is 6.07 Å². The molecular formula is C12H21N3O2. The molecule has 1 fully saturated rings. The lowest BCUT2D eigenvalue weighted by Gasteiger charge is -2.39. The van der Waals surface area contributed by atoms with Crippen molar-refractivity contribution in [2.45, 2.75) is 51.2 Å². The first-order chi connectivity index (χ1) is 7.76. The molecule has 0 aromatic heterocycles. The number of piperidine rings is 1. The van der Waals surface area contributed by atoms with Gasteiger partial charge in [0.25, 0.3) is 0 Å². The lowest BCUT2D eigenvalue weighted by Crippen LogP contribution is -2.56. The molecule has 0 aromatic rings. The second kappa shape index (κ2) is 4.92. The second-order valence-electron chi connectivity index (χ2n) is 5.70. The van der Waals surface area contributed by atoms with Crippen molar-refractivity contribution >= 4 is 6.09 Å². The SMILES string of the molecule is CC(C)(C)OC(=O)N1CCC[C@@](N)(CC#N)C1. The topological polar surface area (TPSA) is 79.3 Å². The molecule has 0 bridgehead atoms. The molecule has 0 saturated carbocycles. The van der Waals surface area contributed by atoms with Gasteiger partial charge in [0.2, 0.25) is 0 Å². The minimum atomic E-state index is -0.579. The molecule has 0 spiro atoms. The first kappa shape index (κ1) is 13.8. The molecule has 0 aromatic carbocycles. The monoisotopic (exact) mass is 239 g/mol. The number of carbonyl (C=O) groups is 1. The zero-order valence-electron chi connectivity index (χ0n) is 10.8. The molecule has 96 valence electrons. The highest BCUT2D eigenvalue weighted by atomic mass is 16.6. The smallest absolute Gasteiger partial charge is 0.410 e. The summed E-state index contributed by atoms with van der Waals surface area (Å²) in [7, 11) is 0. The van der Waals surface area contributed by atoms with Crippen molar-refractivity contribution in [2.75, 3.05) is 13.1 Å². The van der Waals surface area contributed by atoms with Crippen LogP contribution in [0.3, 0.4) is 0 Å². The number of nitriles is 1. The summed E-state index contributed by atoms with van der Waals surface area (Å²) in [5, 5.41) is 8.73. The number of ether oxygens (including phenoxy) is 1. The molecule has 2 N–H and O–H groups in total. The van der Waals surface area contributed by atoms with Gasteiger partial charge in [0, 0.05) is 18.6 Å². The van der Waals surface area contributed by atoms with Crippen LogP contribution in [-0.2, 0) is 4.74 Å². The quantitative estimate of drug-likeness (QED) is 0.754. The van der Waals surface area contributed by atoms with Crippen molar-refractivity contribution in [1.82, 2.24) is 4.90 Å². The molecule has 1 saturated heterocycles. The van der Waals surface area contributed by atoms with Crippen molar-refractivity contribution < 1.29 is 9.53 Å². The van der Waals surface area contributed by atoms with Crippen LogP contribution in [0.2, 0.25) is 0 Å². The average molecular weight is 239 g/mol. The van der Waals surface area contributed by atoms with E-state index >= 15 is 0 Å². The molecule has 1 heterocycles. The lowest BCUT2D eigenvalue weighted by molar-refractivity contribution is 0.0143. The van der Waals surface area contributed by atoms with E-state index in [4.69, 9.17) is 15.7 Å². The molecule has 1 amide bonds. The number of nitrogens with zero attached hydrogens (tertiary/aromatic N) is 2. The molecular weight excluding hydrogens is 218 g/mol. The maximum atomic E-state index is 11.9. The van der Waals surface area contributed by atoms with E-state index < -0.39 is 11.1 Å². The highest BCUT2D eigenvalue weighted by Crippen LogP contribution is 2.23. The number of rotatable bonds is 1. The third-order valence-electron chi connectivity index (χ3n) is 2.69. The van der Waals surface area contributed by atoms with Crippen LogP contribution in [0, 0.1) is 11.3 Å². The van der Waals surface area contributed by atoms with E-state index in [1.807, 2.05) is 20.8 Å². The van der Waals surface area contributed by atoms with Gasteiger partial charge in [-0.3, -0.25) is 0 Å². The van der Waals surface area contributed by atoms with E-state index in [1.165, 1.54) is 0 Å². The van der Waals surface area contributed by atoms with E-state index in [9.17, 15) is 4.79 Å². The van der Waals surface area contributed by atoms with E-state index in [0.717, 1.165) is 12.8 Å². The first-order valence-corrected chi connectivity index (χ1v) is 5.89. The predicted molar refractivity (Wildman–Crippen MR) is 64.2 cm³/mol. The largest absolute Gasteiger partial charge is 0.444 e. The molecule has 0 unspecified atom stereocenters. The molecule has 1 aliphatic heterocycles. The van der Waals surface area contributed by atoms with E-state index in [0.29, 0.717) is 13.1 Å². The van der Waals surface area contributed by atoms with Crippen LogP contribution in [-0.4, -0.2) is 35.2 Å². The fourth-order valence-electron chi connectivity index (χ4n) is 1.94. The van der Waals surface area contributed by atoms with Gasteiger partial charge in [-0.2, -0.15) is 5.26 Å². The Labute approximate surface area is 103 Å². The number of likely N-dealkylation sites (tertiary alicyclic amines) is 1. The zero-order chi connectivity index (χ0) is 13.1.